The minimum Gasteiger partial charge on any atom is -0.459 e. The number of carbonyl (C=O) groups excluding carboxylic acids is 1. The van der Waals surface area contributed by atoms with Gasteiger partial charge in [-0.25, -0.2) is 4.79 Å². The molecule has 2 nitrogen and oxygen atoms in total. The largest absolute Gasteiger partial charge is 0.459 e. The van der Waals surface area contributed by atoms with Crippen molar-refractivity contribution in [2.24, 2.45) is 0 Å². The van der Waals surface area contributed by atoms with Gasteiger partial charge in [0.1, 0.15) is 0 Å². The summed E-state index contributed by atoms with van der Waals surface area (Å²) in [6.45, 7) is 2.26. The molecule has 0 radical (unpaired) electrons. The smallest absolute Gasteiger partial charge is 0.384 e. The zero-order chi connectivity index (χ0) is 15.6. The minimum atomic E-state index is -0.494. The Morgan fingerprint density at radius 1 is 0.810 bits per heavy atom. The molecule has 0 heterocycles. The SMILES string of the molecule is CCCCCCCCCCCCC#CCC#CC(=O)OC. The van der Waals surface area contributed by atoms with Crippen molar-refractivity contribution >= 4 is 5.97 Å². The zero-order valence-corrected chi connectivity index (χ0v) is 13.8. The Balaban J connectivity index is 3.25. The highest BCUT2D eigenvalue weighted by atomic mass is 16.5. The van der Waals surface area contributed by atoms with Gasteiger partial charge in [0.25, 0.3) is 0 Å². The molecule has 118 valence electrons. The van der Waals surface area contributed by atoms with Crippen LogP contribution in [0.3, 0.4) is 0 Å². The molecule has 0 N–H and O–H groups in total. The highest BCUT2D eigenvalue weighted by Crippen LogP contribution is 2.10. The summed E-state index contributed by atoms with van der Waals surface area (Å²) in [5.41, 5.74) is 0. The molecule has 0 saturated heterocycles. The summed E-state index contributed by atoms with van der Waals surface area (Å²) >= 11 is 0. The van der Waals surface area contributed by atoms with Crippen molar-refractivity contribution in [3.8, 4) is 23.7 Å². The molecule has 0 aliphatic rings. The maximum absolute atomic E-state index is 10.7. The predicted octanol–water partition coefficient (Wildman–Crippen LogP) is 4.87. The molecule has 0 spiro atoms. The molecule has 0 fully saturated rings. The van der Waals surface area contributed by atoms with Crippen LogP contribution in [0.5, 0.6) is 0 Å². The fourth-order valence-electron chi connectivity index (χ4n) is 2.06. The van der Waals surface area contributed by atoms with Crippen molar-refractivity contribution in [2.75, 3.05) is 7.11 Å². The van der Waals surface area contributed by atoms with E-state index in [-0.39, 0.29) is 0 Å². The molecule has 0 aromatic rings. The van der Waals surface area contributed by atoms with E-state index in [0.717, 1.165) is 6.42 Å². The Bertz CT molecular complexity index is 362. The van der Waals surface area contributed by atoms with Gasteiger partial charge in [-0.15, -0.1) is 5.92 Å². The maximum atomic E-state index is 10.7. The molecule has 0 atom stereocenters. The molecular weight excluding hydrogens is 260 g/mol. The molecule has 0 aliphatic carbocycles. The number of methoxy groups -OCH3 is 1. The van der Waals surface area contributed by atoms with E-state index in [1.807, 2.05) is 0 Å². The Hall–Kier alpha value is -1.41. The number of rotatable bonds is 10. The van der Waals surface area contributed by atoms with Crippen molar-refractivity contribution in [1.82, 2.24) is 0 Å². The van der Waals surface area contributed by atoms with Gasteiger partial charge in [0.15, 0.2) is 0 Å². The molecule has 0 aromatic carbocycles. The standard InChI is InChI=1S/C19H30O2/c1-3-4-5-6-7-8-9-10-11-12-13-14-15-16-17-18-19(20)21-2/h3-13,16H2,1-2H3. The van der Waals surface area contributed by atoms with Gasteiger partial charge in [0, 0.05) is 12.3 Å². The summed E-state index contributed by atoms with van der Waals surface area (Å²) in [5.74, 6) is 10.6. The first-order valence-electron chi connectivity index (χ1n) is 8.33. The van der Waals surface area contributed by atoms with E-state index in [2.05, 4.69) is 35.3 Å². The van der Waals surface area contributed by atoms with Gasteiger partial charge in [0.2, 0.25) is 0 Å². The van der Waals surface area contributed by atoms with Gasteiger partial charge >= 0.3 is 5.97 Å². The van der Waals surface area contributed by atoms with E-state index in [4.69, 9.17) is 0 Å². The van der Waals surface area contributed by atoms with Crippen molar-refractivity contribution < 1.29 is 9.53 Å². The number of unbranched alkanes of at least 4 members (excludes halogenated alkanes) is 10. The lowest BCUT2D eigenvalue weighted by Crippen LogP contribution is -1.93. The van der Waals surface area contributed by atoms with E-state index in [0.29, 0.717) is 6.42 Å². The van der Waals surface area contributed by atoms with E-state index >= 15 is 0 Å². The lowest BCUT2D eigenvalue weighted by molar-refractivity contribution is -0.133. The number of hydrogen-bond donors (Lipinski definition) is 0. The quantitative estimate of drug-likeness (QED) is 0.248. The van der Waals surface area contributed by atoms with Gasteiger partial charge in [-0.3, -0.25) is 0 Å². The third kappa shape index (κ3) is 16.5. The Morgan fingerprint density at radius 3 is 1.95 bits per heavy atom. The minimum absolute atomic E-state index is 0.451. The van der Waals surface area contributed by atoms with E-state index in [9.17, 15) is 4.79 Å². The average Bonchev–Trinajstić information content (AvgIpc) is 2.50. The maximum Gasteiger partial charge on any atom is 0.384 e. The fraction of sp³-hybridized carbons (Fsp3) is 0.737. The highest BCUT2D eigenvalue weighted by molar-refractivity contribution is 5.88. The van der Waals surface area contributed by atoms with Crippen LogP contribution in [0.2, 0.25) is 0 Å². The van der Waals surface area contributed by atoms with Crippen molar-refractivity contribution in [3.05, 3.63) is 0 Å². The predicted molar refractivity (Wildman–Crippen MR) is 88.6 cm³/mol. The highest BCUT2D eigenvalue weighted by Gasteiger charge is 1.91. The summed E-state index contributed by atoms with van der Waals surface area (Å²) in [6.07, 6.45) is 14.9. The van der Waals surface area contributed by atoms with Crippen molar-refractivity contribution in [1.29, 1.82) is 0 Å². The van der Waals surface area contributed by atoms with Crippen LogP contribution in [0.15, 0.2) is 0 Å². The normalized spacial score (nSPS) is 9.24. The van der Waals surface area contributed by atoms with E-state index in [1.165, 1.54) is 71.3 Å². The molecular formula is C19H30O2. The molecule has 0 bridgehead atoms. The molecule has 0 aromatic heterocycles. The molecule has 0 unspecified atom stereocenters. The summed E-state index contributed by atoms with van der Waals surface area (Å²) in [5, 5.41) is 0. The summed E-state index contributed by atoms with van der Waals surface area (Å²) in [6, 6.07) is 0. The first-order chi connectivity index (χ1) is 10.3. The van der Waals surface area contributed by atoms with Gasteiger partial charge in [-0.2, -0.15) is 0 Å². The summed E-state index contributed by atoms with van der Waals surface area (Å²) < 4.78 is 4.41. The van der Waals surface area contributed by atoms with Crippen molar-refractivity contribution in [2.45, 2.75) is 84.0 Å². The van der Waals surface area contributed by atoms with Gasteiger partial charge in [0.05, 0.1) is 13.5 Å². The lowest BCUT2D eigenvalue weighted by Gasteiger charge is -2.00. The molecule has 21 heavy (non-hydrogen) atoms. The molecule has 0 rings (SSSR count). The molecule has 0 aliphatic heterocycles. The second-order valence-corrected chi connectivity index (χ2v) is 5.26. The molecule has 0 saturated carbocycles. The zero-order valence-electron chi connectivity index (χ0n) is 13.8. The second kappa shape index (κ2) is 16.6. The van der Waals surface area contributed by atoms with Crippen LogP contribution >= 0.6 is 0 Å². The van der Waals surface area contributed by atoms with Crippen LogP contribution in [0.25, 0.3) is 0 Å². The van der Waals surface area contributed by atoms with Gasteiger partial charge in [-0.05, 0) is 6.42 Å². The Labute approximate surface area is 131 Å². The first kappa shape index (κ1) is 19.6. The van der Waals surface area contributed by atoms with Crippen LogP contribution in [0.1, 0.15) is 84.0 Å². The monoisotopic (exact) mass is 290 g/mol. The summed E-state index contributed by atoms with van der Waals surface area (Å²) in [4.78, 5) is 10.7. The van der Waals surface area contributed by atoms with Crippen LogP contribution in [0, 0.1) is 23.7 Å². The lowest BCUT2D eigenvalue weighted by atomic mass is 10.1. The van der Waals surface area contributed by atoms with Crippen LogP contribution in [0.4, 0.5) is 0 Å². The van der Waals surface area contributed by atoms with E-state index in [1.54, 1.807) is 0 Å². The average molecular weight is 290 g/mol. The summed E-state index contributed by atoms with van der Waals surface area (Å²) in [7, 11) is 1.33. The first-order valence-corrected chi connectivity index (χ1v) is 8.33. The number of ether oxygens (including phenoxy) is 1. The number of esters is 1. The van der Waals surface area contributed by atoms with Crippen LogP contribution < -0.4 is 0 Å². The van der Waals surface area contributed by atoms with Gasteiger partial charge < -0.3 is 4.74 Å². The fourth-order valence-corrected chi connectivity index (χ4v) is 2.06. The topological polar surface area (TPSA) is 26.3 Å². The Morgan fingerprint density at radius 2 is 1.38 bits per heavy atom. The van der Waals surface area contributed by atoms with Crippen LogP contribution in [-0.4, -0.2) is 13.1 Å². The Kier molecular flexibility index (Phi) is 15.5. The van der Waals surface area contributed by atoms with E-state index < -0.39 is 5.97 Å². The number of hydrogen-bond acceptors (Lipinski definition) is 2. The van der Waals surface area contributed by atoms with Crippen LogP contribution in [-0.2, 0) is 9.53 Å². The molecule has 0 amide bonds. The third-order valence-electron chi connectivity index (χ3n) is 3.33. The van der Waals surface area contributed by atoms with Crippen molar-refractivity contribution in [3.63, 3.8) is 0 Å². The molecule has 2 heteroatoms. The third-order valence-corrected chi connectivity index (χ3v) is 3.33. The second-order valence-electron chi connectivity index (χ2n) is 5.26. The number of carbonyl (C=O) groups is 1. The van der Waals surface area contributed by atoms with Gasteiger partial charge in [-0.1, -0.05) is 76.6 Å².